The Kier molecular flexibility index (Phi) is 44.3. The van der Waals surface area contributed by atoms with Crippen LogP contribution < -0.4 is 74.2 Å². The zero-order valence-electron chi connectivity index (χ0n) is 68.1. The molecule has 99 heavy (non-hydrogen) atoms. The van der Waals surface area contributed by atoms with Crippen LogP contribution in [-0.2, 0) is 48.1 Å². The Hall–Kier alpha value is -4.86. The lowest BCUT2D eigenvalue weighted by atomic mass is 9.79. The van der Waals surface area contributed by atoms with E-state index in [1.54, 1.807) is 0 Å². The summed E-state index contributed by atoms with van der Waals surface area (Å²) < 4.78 is 5.00. The fourth-order valence-electron chi connectivity index (χ4n) is 9.84. The van der Waals surface area contributed by atoms with E-state index in [1.165, 1.54) is 83.0 Å². The molecule has 0 saturated heterocycles. The number of nitrogens with two attached hydrogens (primary N) is 3. The molecule has 0 heterocycles. The minimum Gasteiger partial charge on any atom is -1.00 e. The number of rotatable bonds is 24. The van der Waals surface area contributed by atoms with Crippen LogP contribution in [0.15, 0.2) is 72.8 Å². The summed E-state index contributed by atoms with van der Waals surface area (Å²) in [5.41, 5.74) is 36.8. The number of halogens is 2. The Morgan fingerprint density at radius 1 is 0.424 bits per heavy atom. The first-order valence-corrected chi connectivity index (χ1v) is 36.7. The monoisotopic (exact) mass is 1420 g/mol. The molecule has 15 N–H and O–H groups in total. The van der Waals surface area contributed by atoms with Gasteiger partial charge >= 0.3 is 0 Å². The quantitative estimate of drug-likeness (QED) is 0.0313. The third kappa shape index (κ3) is 40.0. The summed E-state index contributed by atoms with van der Waals surface area (Å²) in [5, 5.41) is 9.13. The zero-order chi connectivity index (χ0) is 75.3. The van der Waals surface area contributed by atoms with Crippen LogP contribution >= 0.6 is 0 Å². The summed E-state index contributed by atoms with van der Waals surface area (Å²) in [6.45, 7) is 65.7. The number of quaternary nitrogens is 2. The van der Waals surface area contributed by atoms with Crippen molar-refractivity contribution in [3.63, 3.8) is 0 Å². The number of carbonyl (C=O) groups excluding carboxylic acids is 4. The van der Waals surface area contributed by atoms with E-state index in [2.05, 4.69) is 258 Å². The molecule has 0 aliphatic heterocycles. The Morgan fingerprint density at radius 3 is 0.970 bits per heavy atom. The fourth-order valence-corrected chi connectivity index (χ4v) is 9.84. The highest BCUT2D eigenvalue weighted by atomic mass is 35.5. The van der Waals surface area contributed by atoms with E-state index in [-0.39, 0.29) is 97.9 Å². The smallest absolute Gasteiger partial charge is 0.298 e. The third-order valence-electron chi connectivity index (χ3n) is 17.4. The molecule has 4 atom stereocenters. The van der Waals surface area contributed by atoms with Gasteiger partial charge in [-0.05, 0) is 187 Å². The number of unbranched alkanes of at least 4 members (excludes halogenated alkanes) is 2. The maximum Gasteiger partial charge on any atom is 0.298 e. The largest absolute Gasteiger partial charge is 1.00 e. The molecule has 0 aliphatic rings. The lowest BCUT2D eigenvalue weighted by Gasteiger charge is -2.26. The molecule has 13 nitrogen and oxygen atoms in total. The molecule has 4 aromatic rings. The van der Waals surface area contributed by atoms with Gasteiger partial charge in [0.2, 0.25) is 0 Å². The van der Waals surface area contributed by atoms with Crippen LogP contribution in [-0.4, -0.2) is 75.5 Å². The first-order valence-electron chi connectivity index (χ1n) is 36.7. The van der Waals surface area contributed by atoms with E-state index < -0.39 is 0 Å². The number of benzene rings is 4. The van der Waals surface area contributed by atoms with Crippen LogP contribution in [0.25, 0.3) is 0 Å². The molecule has 568 valence electrons. The maximum absolute atomic E-state index is 12.7. The van der Waals surface area contributed by atoms with Crippen LogP contribution in [0.2, 0.25) is 0 Å². The van der Waals surface area contributed by atoms with Crippen molar-refractivity contribution in [1.29, 1.82) is 0 Å². The van der Waals surface area contributed by atoms with Crippen molar-refractivity contribution in [3.8, 4) is 5.75 Å². The second kappa shape index (κ2) is 44.6. The van der Waals surface area contributed by atoms with Gasteiger partial charge in [-0.2, -0.15) is 0 Å². The lowest BCUT2D eigenvalue weighted by molar-refractivity contribution is -0.423. The Bertz CT molecular complexity index is 2610. The summed E-state index contributed by atoms with van der Waals surface area (Å²) in [6.07, 6.45) is 11.3. The van der Waals surface area contributed by atoms with E-state index in [0.29, 0.717) is 43.3 Å². The molecule has 4 aromatic carbocycles. The molecule has 0 aromatic heterocycles. The number of amides is 3. The van der Waals surface area contributed by atoms with Gasteiger partial charge in [0, 0.05) is 48.7 Å². The molecular formula is C84H148Cl2N8O5. The van der Waals surface area contributed by atoms with E-state index in [9.17, 15) is 19.2 Å². The summed E-state index contributed by atoms with van der Waals surface area (Å²) >= 11 is 0. The first kappa shape index (κ1) is 98.3. The van der Waals surface area contributed by atoms with Gasteiger partial charge in [0.25, 0.3) is 24.2 Å². The van der Waals surface area contributed by atoms with Gasteiger partial charge in [0.05, 0.1) is 13.1 Å². The Balaban J connectivity index is -0.00000119. The maximum atomic E-state index is 12.7. The molecule has 0 unspecified atom stereocenters. The average Bonchev–Trinajstić information content (AvgIpc) is 0.825. The number of nitrogens with one attached hydrogen (secondary N) is 3. The van der Waals surface area contributed by atoms with E-state index >= 15 is 0 Å². The third-order valence-corrected chi connectivity index (χ3v) is 17.4. The standard InChI is InChI=1S/C22H37NO.2C20H35N3O.C15H22O2.C7H17N.2ClH/c1-9-10-11-16(2)15-23-20(24)17-12-18(21(3,4)5)14-19(13-17)22(6,7)8;2*1-19(2,3)15-10-14(11-16(12-15)20(4,5)6)18(24)23-13-17(22)8-7-9-21;1-14(2,3)11-7-12(15(4,5)6)9-13(8-11)17-10-16;1-3-4-5-7(2)6-8;;/h12-14,16H,9-11,15H2,1-8H3,(H,23,24);2*10-12,17H,7-9,13,21-22H2,1-6H3,(H,23,24);7-10H,1-6H3;7H,3-6,8H2,1-2H3;2*1H/t16-;2*17-;;7-;;/m000.0../s1. The van der Waals surface area contributed by atoms with Crippen molar-refractivity contribution < 1.29 is 60.2 Å². The van der Waals surface area contributed by atoms with Crippen LogP contribution in [0.3, 0.4) is 0 Å². The minimum absolute atomic E-state index is 0. The van der Waals surface area contributed by atoms with Crippen LogP contribution in [0.4, 0.5) is 0 Å². The molecule has 3 amide bonds. The van der Waals surface area contributed by atoms with Crippen molar-refractivity contribution in [2.75, 3.05) is 39.3 Å². The molecule has 0 bridgehead atoms. The fraction of sp³-hybridized carbons (Fsp3) is 0.667. The zero-order valence-corrected chi connectivity index (χ0v) is 69.6. The second-order valence-corrected chi connectivity index (χ2v) is 35.8. The Morgan fingerprint density at radius 2 is 0.707 bits per heavy atom. The molecule has 0 saturated carbocycles. The first-order chi connectivity index (χ1) is 44.3. The normalized spacial score (nSPS) is 13.2. The summed E-state index contributed by atoms with van der Waals surface area (Å²) in [7, 11) is 0. The van der Waals surface area contributed by atoms with Gasteiger partial charge in [-0.1, -0.05) is 244 Å². The van der Waals surface area contributed by atoms with Crippen LogP contribution in [0.5, 0.6) is 5.75 Å². The van der Waals surface area contributed by atoms with Crippen molar-refractivity contribution in [1.82, 2.24) is 16.0 Å². The highest BCUT2D eigenvalue weighted by molar-refractivity contribution is 5.96. The summed E-state index contributed by atoms with van der Waals surface area (Å²) in [4.78, 5) is 48.4. The van der Waals surface area contributed by atoms with Crippen molar-refractivity contribution in [2.45, 2.75) is 313 Å². The van der Waals surface area contributed by atoms with E-state index in [0.717, 1.165) is 62.4 Å². The van der Waals surface area contributed by atoms with Crippen molar-refractivity contribution in [3.05, 3.63) is 134 Å². The van der Waals surface area contributed by atoms with E-state index in [4.69, 9.17) is 21.9 Å². The van der Waals surface area contributed by atoms with Gasteiger partial charge < -0.3 is 74.2 Å². The SMILES string of the molecule is CC(C)(C)c1cc(C(=O)NC[C@@H](N)CCCN)cc(C(C)(C)C)c1.CC(C)(C)c1cc(C(=O)NC[C@@H]([NH3+])CCC[NH3+])cc(C(C)(C)C)c1.CC(C)(C)c1cc(OC=O)cc(C(C)(C)C)c1.CCCC[C@H](C)CN.CCCC[C@H](C)CNC(=O)c1cc(C(C)(C)C)cc(C(C)(C)C)c1.[Cl-].[Cl-]. The number of hydrogen-bond donors (Lipinski definition) is 8. The molecule has 0 radical (unpaired) electrons. The van der Waals surface area contributed by atoms with Crippen LogP contribution in [0.1, 0.15) is 334 Å². The topological polar surface area (TPSA) is 247 Å². The van der Waals surface area contributed by atoms with Gasteiger partial charge in [0.15, 0.2) is 0 Å². The molecular weight excluding hydrogens is 1270 g/mol. The average molecular weight is 1420 g/mol. The Labute approximate surface area is 618 Å². The summed E-state index contributed by atoms with van der Waals surface area (Å²) in [5.74, 6) is 1.87. The highest BCUT2D eigenvalue weighted by Gasteiger charge is 2.27. The van der Waals surface area contributed by atoms with Gasteiger partial charge in [0.1, 0.15) is 11.8 Å². The predicted molar refractivity (Wildman–Crippen MR) is 415 cm³/mol. The molecule has 0 spiro atoms. The predicted octanol–water partition coefficient (Wildman–Crippen LogP) is 10.2. The van der Waals surface area contributed by atoms with E-state index in [1.807, 2.05) is 36.4 Å². The molecule has 15 heteroatoms. The highest BCUT2D eigenvalue weighted by Crippen LogP contribution is 2.35. The lowest BCUT2D eigenvalue weighted by Crippen LogP contribution is -3.00. The second-order valence-electron chi connectivity index (χ2n) is 35.8. The van der Waals surface area contributed by atoms with Crippen molar-refractivity contribution in [2.24, 2.45) is 29.0 Å². The van der Waals surface area contributed by atoms with Crippen LogP contribution in [0, 0.1) is 11.8 Å². The summed E-state index contributed by atoms with van der Waals surface area (Å²) in [6, 6.07) is 25.1. The molecule has 0 fully saturated rings. The number of ether oxygens (including phenoxy) is 1. The van der Waals surface area contributed by atoms with Gasteiger partial charge in [-0.15, -0.1) is 0 Å². The molecule has 4 rings (SSSR count). The molecule has 0 aliphatic carbocycles. The minimum atomic E-state index is -0.0604. The van der Waals surface area contributed by atoms with Gasteiger partial charge in [-0.3, -0.25) is 19.2 Å². The van der Waals surface area contributed by atoms with Gasteiger partial charge in [-0.25, -0.2) is 0 Å². The number of hydrogen-bond acceptors (Lipinski definition) is 8. The number of carbonyl (C=O) groups is 4. The van der Waals surface area contributed by atoms with Crippen molar-refractivity contribution >= 4 is 24.2 Å².